The lowest BCUT2D eigenvalue weighted by Gasteiger charge is -2.04. The van der Waals surface area contributed by atoms with Gasteiger partial charge in [-0.2, -0.15) is 0 Å². The quantitative estimate of drug-likeness (QED) is 0.221. The average Bonchev–Trinajstić information content (AvgIpc) is 2.50. The number of hydrogen-bond donors (Lipinski definition) is 1. The molecule has 0 aliphatic heterocycles. The highest BCUT2D eigenvalue weighted by Crippen LogP contribution is 2.13. The highest BCUT2D eigenvalue weighted by Gasteiger charge is 1.94. The van der Waals surface area contributed by atoms with Crippen molar-refractivity contribution in [2.75, 3.05) is 13.1 Å². The predicted molar refractivity (Wildman–Crippen MR) is 98.0 cm³/mol. The molecule has 0 aromatic heterocycles. The van der Waals surface area contributed by atoms with Gasteiger partial charge in [-0.1, -0.05) is 103 Å². The van der Waals surface area contributed by atoms with Gasteiger partial charge < -0.3 is 5.32 Å². The molecule has 0 aromatic carbocycles. The molecule has 0 radical (unpaired) electrons. The number of nitrogens with one attached hydrogen (secondary N) is 1. The molecule has 126 valence electrons. The van der Waals surface area contributed by atoms with Gasteiger partial charge >= 0.3 is 0 Å². The Morgan fingerprint density at radius 1 is 0.619 bits per heavy atom. The van der Waals surface area contributed by atoms with E-state index in [9.17, 15) is 0 Å². The van der Waals surface area contributed by atoms with Gasteiger partial charge in [-0.3, -0.25) is 0 Å². The molecule has 1 heteroatoms. The maximum atomic E-state index is 3.71. The Labute approximate surface area is 135 Å². The summed E-state index contributed by atoms with van der Waals surface area (Å²) in [4.78, 5) is 0. The molecule has 0 aliphatic rings. The molecule has 0 saturated carbocycles. The summed E-state index contributed by atoms with van der Waals surface area (Å²) in [6.07, 6.45) is 23.5. The molecule has 1 N–H and O–H groups in total. The lowest BCUT2D eigenvalue weighted by atomic mass is 10.0. The summed E-state index contributed by atoms with van der Waals surface area (Å²) in [5, 5.41) is 3.36. The van der Waals surface area contributed by atoms with Crippen molar-refractivity contribution in [1.29, 1.82) is 0 Å². The fourth-order valence-corrected chi connectivity index (χ4v) is 2.83. The highest BCUT2D eigenvalue weighted by atomic mass is 14.8. The third-order valence-corrected chi connectivity index (χ3v) is 4.25. The van der Waals surface area contributed by atoms with Crippen LogP contribution >= 0.6 is 0 Å². The zero-order valence-corrected chi connectivity index (χ0v) is 14.8. The van der Waals surface area contributed by atoms with Crippen LogP contribution in [0.4, 0.5) is 0 Å². The first kappa shape index (κ1) is 20.7. The normalized spacial score (nSPS) is 10.9. The van der Waals surface area contributed by atoms with Gasteiger partial charge in [0.15, 0.2) is 0 Å². The molecule has 0 aliphatic carbocycles. The summed E-state index contributed by atoms with van der Waals surface area (Å²) in [7, 11) is 0. The summed E-state index contributed by atoms with van der Waals surface area (Å²) in [6, 6.07) is 0. The van der Waals surface area contributed by atoms with Crippen LogP contribution in [0.2, 0.25) is 0 Å². The van der Waals surface area contributed by atoms with E-state index in [1.165, 1.54) is 96.3 Å². The van der Waals surface area contributed by atoms with Crippen LogP contribution in [0.25, 0.3) is 0 Å². The van der Waals surface area contributed by atoms with Gasteiger partial charge in [0.2, 0.25) is 0 Å². The Balaban J connectivity index is 2.91. The summed E-state index contributed by atoms with van der Waals surface area (Å²) in [5.74, 6) is 0. The van der Waals surface area contributed by atoms with Crippen molar-refractivity contribution in [2.45, 2.75) is 103 Å². The lowest BCUT2D eigenvalue weighted by Crippen LogP contribution is -2.14. The number of rotatable bonds is 18. The molecular formula is C20H41N. The first-order chi connectivity index (χ1) is 10.4. The molecule has 0 spiro atoms. The minimum atomic E-state index is 0.957. The Kier molecular flexibility index (Phi) is 19.4. The summed E-state index contributed by atoms with van der Waals surface area (Å²) >= 11 is 0. The van der Waals surface area contributed by atoms with Gasteiger partial charge in [0.05, 0.1) is 0 Å². The Morgan fingerprint density at radius 3 is 1.38 bits per heavy atom. The molecule has 0 atom stereocenters. The van der Waals surface area contributed by atoms with E-state index in [2.05, 4.69) is 18.8 Å². The Bertz CT molecular complexity index is 188. The second-order valence-electron chi connectivity index (χ2n) is 6.44. The van der Waals surface area contributed by atoms with Crippen molar-refractivity contribution in [3.05, 3.63) is 12.7 Å². The Hall–Kier alpha value is -0.300. The zero-order chi connectivity index (χ0) is 15.4. The van der Waals surface area contributed by atoms with E-state index >= 15 is 0 Å². The van der Waals surface area contributed by atoms with E-state index in [1.54, 1.807) is 0 Å². The van der Waals surface area contributed by atoms with Crippen molar-refractivity contribution < 1.29 is 0 Å². The number of unbranched alkanes of at least 4 members (excludes halogenated alkanes) is 14. The molecule has 0 amide bonds. The van der Waals surface area contributed by atoms with Gasteiger partial charge in [-0.15, -0.1) is 6.58 Å². The van der Waals surface area contributed by atoms with Crippen molar-refractivity contribution in [1.82, 2.24) is 5.32 Å². The van der Waals surface area contributed by atoms with Gasteiger partial charge in [0.25, 0.3) is 0 Å². The van der Waals surface area contributed by atoms with Crippen molar-refractivity contribution in [3.8, 4) is 0 Å². The second-order valence-corrected chi connectivity index (χ2v) is 6.44. The van der Waals surface area contributed by atoms with Gasteiger partial charge in [-0.25, -0.2) is 0 Å². The van der Waals surface area contributed by atoms with Crippen molar-refractivity contribution in [2.24, 2.45) is 0 Å². The minimum absolute atomic E-state index is 0.957. The molecule has 0 saturated heterocycles. The van der Waals surface area contributed by atoms with E-state index in [0.717, 1.165) is 13.1 Å². The first-order valence-electron chi connectivity index (χ1n) is 9.73. The van der Waals surface area contributed by atoms with E-state index in [0.29, 0.717) is 0 Å². The molecule has 0 rings (SSSR count). The number of hydrogen-bond acceptors (Lipinski definition) is 1. The Morgan fingerprint density at radius 2 is 1.00 bits per heavy atom. The average molecular weight is 296 g/mol. The molecule has 0 unspecified atom stereocenters. The molecule has 0 bridgehead atoms. The third kappa shape index (κ3) is 19.7. The summed E-state index contributed by atoms with van der Waals surface area (Å²) < 4.78 is 0. The van der Waals surface area contributed by atoms with Crippen LogP contribution in [0.3, 0.4) is 0 Å². The van der Waals surface area contributed by atoms with Crippen LogP contribution in [0.5, 0.6) is 0 Å². The first-order valence-corrected chi connectivity index (χ1v) is 9.73. The fraction of sp³-hybridized carbons (Fsp3) is 0.900. The van der Waals surface area contributed by atoms with E-state index in [1.807, 2.05) is 6.08 Å². The maximum Gasteiger partial charge on any atom is 0.0132 e. The molecule has 0 heterocycles. The molecular weight excluding hydrogens is 254 g/mol. The van der Waals surface area contributed by atoms with Crippen LogP contribution in [0.1, 0.15) is 103 Å². The molecule has 21 heavy (non-hydrogen) atoms. The van der Waals surface area contributed by atoms with Crippen LogP contribution in [0, 0.1) is 0 Å². The van der Waals surface area contributed by atoms with E-state index in [-0.39, 0.29) is 0 Å². The van der Waals surface area contributed by atoms with Crippen molar-refractivity contribution >= 4 is 0 Å². The fourth-order valence-electron chi connectivity index (χ4n) is 2.83. The maximum absolute atomic E-state index is 3.71. The molecule has 1 nitrogen and oxygen atoms in total. The summed E-state index contributed by atoms with van der Waals surface area (Å²) in [6.45, 7) is 8.11. The van der Waals surface area contributed by atoms with E-state index in [4.69, 9.17) is 0 Å². The second kappa shape index (κ2) is 19.7. The topological polar surface area (TPSA) is 12.0 Å². The van der Waals surface area contributed by atoms with Crippen LogP contribution in [-0.4, -0.2) is 13.1 Å². The highest BCUT2D eigenvalue weighted by molar-refractivity contribution is 4.69. The standard InChI is InChI=1S/C20H41N/c1-3-5-6-7-8-9-10-11-12-13-14-15-16-17-18-20-21-19-4-2/h4,21H,2-3,5-20H2,1H3. The largest absolute Gasteiger partial charge is 0.313 e. The predicted octanol–water partition coefficient (Wildman–Crippen LogP) is 6.63. The monoisotopic (exact) mass is 295 g/mol. The van der Waals surface area contributed by atoms with Crippen LogP contribution in [-0.2, 0) is 0 Å². The third-order valence-electron chi connectivity index (χ3n) is 4.25. The molecule has 0 fully saturated rings. The van der Waals surface area contributed by atoms with Gasteiger partial charge in [0, 0.05) is 6.54 Å². The van der Waals surface area contributed by atoms with E-state index < -0.39 is 0 Å². The summed E-state index contributed by atoms with van der Waals surface area (Å²) in [5.41, 5.74) is 0. The van der Waals surface area contributed by atoms with Crippen LogP contribution in [0.15, 0.2) is 12.7 Å². The zero-order valence-electron chi connectivity index (χ0n) is 14.8. The molecule has 0 aromatic rings. The SMILES string of the molecule is C=CCNCCCCCCCCCCCCCCCCC. The smallest absolute Gasteiger partial charge is 0.0132 e. The van der Waals surface area contributed by atoms with Crippen LogP contribution < -0.4 is 5.32 Å². The van der Waals surface area contributed by atoms with Gasteiger partial charge in [-0.05, 0) is 13.0 Å². The minimum Gasteiger partial charge on any atom is -0.313 e. The van der Waals surface area contributed by atoms with Gasteiger partial charge in [0.1, 0.15) is 0 Å². The van der Waals surface area contributed by atoms with Crippen molar-refractivity contribution in [3.63, 3.8) is 0 Å². The lowest BCUT2D eigenvalue weighted by molar-refractivity contribution is 0.529.